The molecule has 2 aromatic carbocycles. The van der Waals surface area contributed by atoms with E-state index in [1.165, 1.54) is 33.6 Å². The Bertz CT molecular complexity index is 691. The number of rotatable bonds is 3. The predicted molar refractivity (Wildman–Crippen MR) is 99.1 cm³/mol. The van der Waals surface area contributed by atoms with Gasteiger partial charge in [0, 0.05) is 50.3 Å². The van der Waals surface area contributed by atoms with Crippen LogP contribution in [0.5, 0.6) is 0 Å². The zero-order valence-corrected chi connectivity index (χ0v) is 18.7. The van der Waals surface area contributed by atoms with E-state index in [1.807, 2.05) is 0 Å². The van der Waals surface area contributed by atoms with Gasteiger partial charge in [0.15, 0.2) is 6.29 Å². The molecule has 0 aliphatic carbocycles. The largest absolute Gasteiger partial charge is 0.337 e. The normalized spacial score (nSPS) is 17.1. The first-order valence-electron chi connectivity index (χ1n) is 8.47. The standard InChI is InChI=1S/C20H27N3.Hf/c1-5-17-8-6-7-9-18(17)22-10-11-23(20(22)21)19-15(3)12-14(2)13-16(19)4;/h6-9,12-13,20H,5,10-11,21H2,1-4H3;. The molecule has 1 aliphatic rings. The fourth-order valence-corrected chi connectivity index (χ4v) is 3.87. The van der Waals surface area contributed by atoms with Gasteiger partial charge in [-0.1, -0.05) is 42.8 Å². The van der Waals surface area contributed by atoms with Crippen LogP contribution in [0.4, 0.5) is 11.4 Å². The van der Waals surface area contributed by atoms with Crippen LogP contribution in [-0.4, -0.2) is 19.4 Å². The van der Waals surface area contributed by atoms with E-state index in [4.69, 9.17) is 5.73 Å². The Morgan fingerprint density at radius 1 is 1.00 bits per heavy atom. The monoisotopic (exact) mass is 489 g/mol. The molecule has 1 unspecified atom stereocenters. The van der Waals surface area contributed by atoms with E-state index in [-0.39, 0.29) is 32.1 Å². The summed E-state index contributed by atoms with van der Waals surface area (Å²) in [5, 5.41) is 0. The zero-order valence-electron chi connectivity index (χ0n) is 15.1. The van der Waals surface area contributed by atoms with Crippen LogP contribution in [0, 0.1) is 20.8 Å². The Labute approximate surface area is 164 Å². The van der Waals surface area contributed by atoms with Crippen LogP contribution in [0.25, 0.3) is 0 Å². The van der Waals surface area contributed by atoms with Crippen LogP contribution in [0.15, 0.2) is 36.4 Å². The van der Waals surface area contributed by atoms with Gasteiger partial charge in [0.1, 0.15) is 0 Å². The van der Waals surface area contributed by atoms with Crippen LogP contribution < -0.4 is 15.5 Å². The molecule has 0 saturated carbocycles. The van der Waals surface area contributed by atoms with Crippen molar-refractivity contribution >= 4 is 11.4 Å². The van der Waals surface area contributed by atoms with Crippen LogP contribution in [0.3, 0.4) is 0 Å². The molecule has 1 heterocycles. The zero-order chi connectivity index (χ0) is 16.6. The summed E-state index contributed by atoms with van der Waals surface area (Å²) < 4.78 is 0. The van der Waals surface area contributed by atoms with Gasteiger partial charge in [-0.25, -0.2) is 0 Å². The number of anilines is 2. The molecule has 126 valence electrons. The van der Waals surface area contributed by atoms with Gasteiger partial charge in [0.2, 0.25) is 0 Å². The summed E-state index contributed by atoms with van der Waals surface area (Å²) in [7, 11) is 0. The SMILES string of the molecule is CCc1ccccc1N1CCN(c2c(C)cc(C)cc2C)C1N.[Hf]. The fraction of sp³-hybridized carbons (Fsp3) is 0.400. The number of aryl methyl sites for hydroxylation is 4. The summed E-state index contributed by atoms with van der Waals surface area (Å²) in [6, 6.07) is 13.1. The molecule has 2 N–H and O–H groups in total. The van der Waals surface area contributed by atoms with Crippen molar-refractivity contribution in [3.8, 4) is 0 Å². The third-order valence-corrected chi connectivity index (χ3v) is 4.83. The fourth-order valence-electron chi connectivity index (χ4n) is 3.87. The summed E-state index contributed by atoms with van der Waals surface area (Å²) in [5.41, 5.74) is 14.5. The Kier molecular flexibility index (Phi) is 6.27. The molecular formula is C20H27HfN3. The average Bonchev–Trinajstić information content (AvgIpc) is 2.88. The Morgan fingerprint density at radius 2 is 1.58 bits per heavy atom. The van der Waals surface area contributed by atoms with Crippen molar-refractivity contribution in [3.63, 3.8) is 0 Å². The van der Waals surface area contributed by atoms with Crippen molar-refractivity contribution in [3.05, 3.63) is 58.7 Å². The van der Waals surface area contributed by atoms with Gasteiger partial charge < -0.3 is 9.80 Å². The van der Waals surface area contributed by atoms with Gasteiger partial charge in [-0.3, -0.25) is 5.73 Å². The third kappa shape index (κ3) is 3.45. The first-order valence-corrected chi connectivity index (χ1v) is 8.47. The number of hydrogen-bond donors (Lipinski definition) is 1. The molecule has 0 spiro atoms. The van der Waals surface area contributed by atoms with Crippen molar-refractivity contribution in [2.45, 2.75) is 40.4 Å². The summed E-state index contributed by atoms with van der Waals surface area (Å²) in [6.45, 7) is 10.6. The molecule has 0 radical (unpaired) electrons. The van der Waals surface area contributed by atoms with Crippen molar-refractivity contribution in [2.75, 3.05) is 22.9 Å². The maximum Gasteiger partial charge on any atom is 0.155 e. The number of benzene rings is 2. The van der Waals surface area contributed by atoms with Crippen LogP contribution >= 0.6 is 0 Å². The van der Waals surface area contributed by atoms with Gasteiger partial charge in [0.25, 0.3) is 0 Å². The molecule has 3 nitrogen and oxygen atoms in total. The first kappa shape index (κ1) is 19.2. The second-order valence-electron chi connectivity index (χ2n) is 6.53. The van der Waals surface area contributed by atoms with Crippen LogP contribution in [-0.2, 0) is 32.3 Å². The molecule has 0 bridgehead atoms. The van der Waals surface area contributed by atoms with E-state index >= 15 is 0 Å². The molecule has 24 heavy (non-hydrogen) atoms. The van der Waals surface area contributed by atoms with E-state index in [0.717, 1.165) is 19.5 Å². The second kappa shape index (κ2) is 7.83. The smallest absolute Gasteiger partial charge is 0.155 e. The Hall–Kier alpha value is -1.13. The van der Waals surface area contributed by atoms with E-state index in [0.29, 0.717) is 0 Å². The molecule has 3 rings (SSSR count). The summed E-state index contributed by atoms with van der Waals surface area (Å²) in [4.78, 5) is 4.67. The van der Waals surface area contributed by atoms with Crippen molar-refractivity contribution < 1.29 is 25.8 Å². The molecular weight excluding hydrogens is 461 g/mol. The van der Waals surface area contributed by atoms with E-state index < -0.39 is 0 Å². The Morgan fingerprint density at radius 3 is 2.21 bits per heavy atom. The van der Waals surface area contributed by atoms with E-state index in [1.54, 1.807) is 0 Å². The van der Waals surface area contributed by atoms with Gasteiger partial charge in [0.05, 0.1) is 0 Å². The van der Waals surface area contributed by atoms with Gasteiger partial charge in [-0.05, 0) is 49.9 Å². The number of hydrogen-bond acceptors (Lipinski definition) is 3. The summed E-state index contributed by atoms with van der Waals surface area (Å²) >= 11 is 0. The quantitative estimate of drug-likeness (QED) is 0.670. The number of para-hydroxylation sites is 1. The first-order chi connectivity index (χ1) is 11.0. The minimum Gasteiger partial charge on any atom is -0.337 e. The van der Waals surface area contributed by atoms with Crippen LogP contribution in [0.2, 0.25) is 0 Å². The van der Waals surface area contributed by atoms with Gasteiger partial charge >= 0.3 is 0 Å². The van der Waals surface area contributed by atoms with Crippen molar-refractivity contribution in [1.82, 2.24) is 0 Å². The second-order valence-corrected chi connectivity index (χ2v) is 6.53. The molecule has 1 atom stereocenters. The number of nitrogens with zero attached hydrogens (tertiary/aromatic N) is 2. The third-order valence-electron chi connectivity index (χ3n) is 4.83. The van der Waals surface area contributed by atoms with E-state index in [2.05, 4.69) is 73.9 Å². The van der Waals surface area contributed by atoms with Gasteiger partial charge in [-0.2, -0.15) is 0 Å². The summed E-state index contributed by atoms with van der Waals surface area (Å²) in [6.07, 6.45) is 0.921. The maximum absolute atomic E-state index is 6.64. The van der Waals surface area contributed by atoms with E-state index in [9.17, 15) is 0 Å². The average molecular weight is 488 g/mol. The number of nitrogens with two attached hydrogens (primary N) is 1. The predicted octanol–water partition coefficient (Wildman–Crippen LogP) is 3.74. The van der Waals surface area contributed by atoms with Crippen LogP contribution in [0.1, 0.15) is 29.2 Å². The molecule has 2 aromatic rings. The molecule has 4 heteroatoms. The topological polar surface area (TPSA) is 32.5 Å². The van der Waals surface area contributed by atoms with Crippen molar-refractivity contribution in [1.29, 1.82) is 0 Å². The minimum atomic E-state index is -0.109. The van der Waals surface area contributed by atoms with Gasteiger partial charge in [-0.15, -0.1) is 0 Å². The molecule has 1 saturated heterocycles. The maximum atomic E-state index is 6.64. The minimum absolute atomic E-state index is 0. The molecule has 1 fully saturated rings. The van der Waals surface area contributed by atoms with Crippen molar-refractivity contribution in [2.24, 2.45) is 5.73 Å². The summed E-state index contributed by atoms with van der Waals surface area (Å²) in [5.74, 6) is 0. The molecule has 1 aliphatic heterocycles. The molecule has 0 aromatic heterocycles. The molecule has 0 amide bonds. The Balaban J connectivity index is 0.00000208.